The first-order valence-corrected chi connectivity index (χ1v) is 8.57. The van der Waals surface area contributed by atoms with Gasteiger partial charge in [0.25, 0.3) is 0 Å². The number of para-hydroxylation sites is 1. The molecular formula is C20H11NOS. The third-order valence-corrected chi connectivity index (χ3v) is 5.70. The molecule has 0 amide bonds. The van der Waals surface area contributed by atoms with E-state index in [1.165, 1.54) is 37.7 Å². The first kappa shape index (κ1) is 11.9. The maximum atomic E-state index is 6.28. The van der Waals surface area contributed by atoms with Crippen LogP contribution in [0.15, 0.2) is 58.5 Å². The monoisotopic (exact) mass is 313 g/mol. The fourth-order valence-electron chi connectivity index (χ4n) is 3.91. The van der Waals surface area contributed by atoms with E-state index in [4.69, 9.17) is 9.40 Å². The number of aromatic nitrogens is 1. The lowest BCUT2D eigenvalue weighted by atomic mass is 10.0. The molecule has 0 radical (unpaired) electrons. The molecule has 0 atom stereocenters. The Labute approximate surface area is 136 Å². The van der Waals surface area contributed by atoms with Gasteiger partial charge in [0.1, 0.15) is 11.2 Å². The lowest BCUT2D eigenvalue weighted by Gasteiger charge is -2.03. The Morgan fingerprint density at radius 2 is 1.87 bits per heavy atom. The number of hydrogen-bond acceptors (Lipinski definition) is 3. The Kier molecular flexibility index (Phi) is 2.06. The lowest BCUT2D eigenvalue weighted by Crippen LogP contribution is -1.84. The Morgan fingerprint density at radius 3 is 2.87 bits per heavy atom. The lowest BCUT2D eigenvalue weighted by molar-refractivity contribution is 0.665. The van der Waals surface area contributed by atoms with Gasteiger partial charge < -0.3 is 4.42 Å². The van der Waals surface area contributed by atoms with Crippen LogP contribution in [0.3, 0.4) is 0 Å². The van der Waals surface area contributed by atoms with E-state index in [1.54, 1.807) is 11.3 Å². The summed E-state index contributed by atoms with van der Waals surface area (Å²) >= 11 is 1.71. The highest BCUT2D eigenvalue weighted by Gasteiger charge is 2.28. The van der Waals surface area contributed by atoms with Crippen LogP contribution >= 0.6 is 11.3 Å². The van der Waals surface area contributed by atoms with E-state index in [9.17, 15) is 0 Å². The predicted octanol–water partition coefficient (Wildman–Crippen LogP) is 5.77. The largest absolute Gasteiger partial charge is 0.456 e. The van der Waals surface area contributed by atoms with Crippen LogP contribution in [-0.2, 0) is 6.42 Å². The number of furan rings is 1. The molecule has 0 saturated heterocycles. The molecule has 0 bridgehead atoms. The zero-order valence-electron chi connectivity index (χ0n) is 12.2. The molecule has 0 N–H and O–H groups in total. The molecule has 0 saturated carbocycles. The number of hydrogen-bond donors (Lipinski definition) is 0. The van der Waals surface area contributed by atoms with Crippen molar-refractivity contribution in [3.63, 3.8) is 0 Å². The van der Waals surface area contributed by atoms with E-state index in [0.29, 0.717) is 0 Å². The van der Waals surface area contributed by atoms with Crippen molar-refractivity contribution in [2.75, 3.05) is 0 Å². The molecule has 3 heteroatoms. The molecule has 0 spiro atoms. The van der Waals surface area contributed by atoms with Gasteiger partial charge in [0.2, 0.25) is 0 Å². The first-order chi connectivity index (χ1) is 11.4. The molecule has 0 fully saturated rings. The quantitative estimate of drug-likeness (QED) is 0.356. The summed E-state index contributed by atoms with van der Waals surface area (Å²) in [5, 5.41) is 2.42. The highest BCUT2D eigenvalue weighted by atomic mass is 32.1. The van der Waals surface area contributed by atoms with Crippen molar-refractivity contribution < 1.29 is 4.42 Å². The van der Waals surface area contributed by atoms with Crippen LogP contribution in [0.2, 0.25) is 0 Å². The standard InChI is InChI=1S/C20H11NOS/c1-2-6-12-11(5-1)9-14-16(12)18-20(23-10-21-18)17-13-7-3-4-8-15(13)22-19(14)17/h1-8,10H,9H2. The van der Waals surface area contributed by atoms with E-state index in [1.807, 2.05) is 11.6 Å². The Bertz CT molecular complexity index is 1240. The fourth-order valence-corrected chi connectivity index (χ4v) is 4.76. The maximum Gasteiger partial charge on any atom is 0.141 e. The minimum atomic E-state index is 0.926. The second-order valence-corrected chi connectivity index (χ2v) is 6.87. The van der Waals surface area contributed by atoms with Crippen molar-refractivity contribution in [1.82, 2.24) is 4.98 Å². The van der Waals surface area contributed by atoms with Gasteiger partial charge in [-0.2, -0.15) is 0 Å². The second kappa shape index (κ2) is 4.00. The van der Waals surface area contributed by atoms with Gasteiger partial charge in [-0.3, -0.25) is 0 Å². The topological polar surface area (TPSA) is 26.0 Å². The van der Waals surface area contributed by atoms with Crippen LogP contribution in [0.5, 0.6) is 0 Å². The summed E-state index contributed by atoms with van der Waals surface area (Å²) in [5.74, 6) is 0. The van der Waals surface area contributed by atoms with Crippen molar-refractivity contribution in [3.8, 4) is 11.1 Å². The number of rotatable bonds is 0. The third kappa shape index (κ3) is 1.36. The molecule has 23 heavy (non-hydrogen) atoms. The molecule has 1 aliphatic rings. The van der Waals surface area contributed by atoms with E-state index in [0.717, 1.165) is 23.1 Å². The minimum Gasteiger partial charge on any atom is -0.456 e. The molecule has 2 nitrogen and oxygen atoms in total. The predicted molar refractivity (Wildman–Crippen MR) is 95.1 cm³/mol. The van der Waals surface area contributed by atoms with Gasteiger partial charge in [-0.25, -0.2) is 4.98 Å². The van der Waals surface area contributed by atoms with Crippen LogP contribution in [-0.4, -0.2) is 4.98 Å². The van der Waals surface area contributed by atoms with Crippen molar-refractivity contribution >= 4 is 43.5 Å². The second-order valence-electron chi connectivity index (χ2n) is 6.02. The van der Waals surface area contributed by atoms with Gasteiger partial charge in [-0.1, -0.05) is 42.5 Å². The van der Waals surface area contributed by atoms with E-state index >= 15 is 0 Å². The normalized spacial score (nSPS) is 13.0. The van der Waals surface area contributed by atoms with Gasteiger partial charge in [-0.05, 0) is 17.2 Å². The summed E-state index contributed by atoms with van der Waals surface area (Å²) in [4.78, 5) is 4.70. The smallest absolute Gasteiger partial charge is 0.141 e. The Morgan fingerprint density at radius 1 is 1.00 bits per heavy atom. The molecule has 0 aliphatic heterocycles. The van der Waals surface area contributed by atoms with Crippen molar-refractivity contribution in [3.05, 3.63) is 65.2 Å². The van der Waals surface area contributed by atoms with E-state index < -0.39 is 0 Å². The molecule has 6 rings (SSSR count). The van der Waals surface area contributed by atoms with Crippen molar-refractivity contribution in [2.24, 2.45) is 0 Å². The van der Waals surface area contributed by atoms with Crippen LogP contribution in [0.4, 0.5) is 0 Å². The SMILES string of the molecule is c1ccc2c(c1)Cc1c-2c2ncsc2c2c1oc1ccccc12. The average Bonchev–Trinajstić information content (AvgIpc) is 3.28. The van der Waals surface area contributed by atoms with Crippen molar-refractivity contribution in [2.45, 2.75) is 6.42 Å². The van der Waals surface area contributed by atoms with Crippen LogP contribution in [0, 0.1) is 0 Å². The highest BCUT2D eigenvalue weighted by molar-refractivity contribution is 7.18. The van der Waals surface area contributed by atoms with Crippen molar-refractivity contribution in [1.29, 1.82) is 0 Å². The van der Waals surface area contributed by atoms with Gasteiger partial charge in [0.15, 0.2) is 0 Å². The summed E-state index contributed by atoms with van der Waals surface area (Å²) in [5.41, 5.74) is 10.3. The van der Waals surface area contributed by atoms with Crippen LogP contribution in [0.1, 0.15) is 11.1 Å². The van der Waals surface area contributed by atoms with E-state index in [-0.39, 0.29) is 0 Å². The summed E-state index contributed by atoms with van der Waals surface area (Å²) < 4.78 is 7.52. The third-order valence-electron chi connectivity index (χ3n) is 4.86. The van der Waals surface area contributed by atoms with Crippen LogP contribution in [0.25, 0.3) is 43.3 Å². The Hall–Kier alpha value is -2.65. The highest BCUT2D eigenvalue weighted by Crippen LogP contribution is 2.48. The summed E-state index contributed by atoms with van der Waals surface area (Å²) in [6.07, 6.45) is 0.926. The molecule has 2 aromatic heterocycles. The molecule has 1 aliphatic carbocycles. The molecule has 2 heterocycles. The zero-order valence-corrected chi connectivity index (χ0v) is 13.0. The average molecular weight is 313 g/mol. The molecule has 5 aromatic rings. The Balaban J connectivity index is 1.93. The van der Waals surface area contributed by atoms with Gasteiger partial charge in [-0.15, -0.1) is 11.3 Å². The first-order valence-electron chi connectivity index (χ1n) is 7.69. The minimum absolute atomic E-state index is 0.926. The fraction of sp³-hybridized carbons (Fsp3) is 0.0500. The molecule has 3 aromatic carbocycles. The maximum absolute atomic E-state index is 6.28. The van der Waals surface area contributed by atoms with Gasteiger partial charge >= 0.3 is 0 Å². The summed E-state index contributed by atoms with van der Waals surface area (Å²) in [6, 6.07) is 16.9. The number of fused-ring (bicyclic) bond motifs is 10. The van der Waals surface area contributed by atoms with Gasteiger partial charge in [0, 0.05) is 28.3 Å². The molecule has 0 unspecified atom stereocenters. The zero-order chi connectivity index (χ0) is 15.0. The number of thiazole rings is 1. The van der Waals surface area contributed by atoms with E-state index in [2.05, 4.69) is 42.5 Å². The number of benzene rings is 3. The summed E-state index contributed by atoms with van der Waals surface area (Å²) in [6.45, 7) is 0. The molecular weight excluding hydrogens is 302 g/mol. The molecule has 108 valence electrons. The van der Waals surface area contributed by atoms with Gasteiger partial charge in [0.05, 0.1) is 15.7 Å². The summed E-state index contributed by atoms with van der Waals surface area (Å²) in [7, 11) is 0. The number of nitrogens with zero attached hydrogens (tertiary/aromatic N) is 1. The van der Waals surface area contributed by atoms with Crippen LogP contribution < -0.4 is 0 Å².